The average Bonchev–Trinajstić information content (AvgIpc) is 2.12. The number of hydrogen-bond acceptors (Lipinski definition) is 2. The van der Waals surface area contributed by atoms with Gasteiger partial charge in [-0.1, -0.05) is 12.5 Å². The van der Waals surface area contributed by atoms with Crippen LogP contribution in [-0.2, 0) is 4.74 Å². The molecule has 0 aromatic rings. The van der Waals surface area contributed by atoms with Gasteiger partial charge in [-0.3, -0.25) is 0 Å². The molecule has 0 aliphatic rings. The molecule has 0 heterocycles. The van der Waals surface area contributed by atoms with Gasteiger partial charge in [-0.25, -0.2) is 0 Å². The fraction of sp³-hybridized carbons (Fsp3) is 0.833. The molecule has 2 unspecified atom stereocenters. The van der Waals surface area contributed by atoms with E-state index >= 15 is 0 Å². The van der Waals surface area contributed by atoms with Crippen molar-refractivity contribution in [1.29, 1.82) is 0 Å². The lowest BCUT2D eigenvalue weighted by Gasteiger charge is -2.24. The van der Waals surface area contributed by atoms with Crippen LogP contribution in [0.1, 0.15) is 40.5 Å². The molecule has 0 bridgehead atoms. The lowest BCUT2D eigenvalue weighted by molar-refractivity contribution is 0.0458. The van der Waals surface area contributed by atoms with Gasteiger partial charge in [0.25, 0.3) is 0 Å². The predicted octanol–water partition coefficient (Wildman–Crippen LogP) is 2.75. The zero-order valence-corrected chi connectivity index (χ0v) is 10.1. The van der Waals surface area contributed by atoms with Gasteiger partial charge < -0.3 is 10.1 Å². The van der Waals surface area contributed by atoms with Crippen LogP contribution in [0.15, 0.2) is 12.2 Å². The molecule has 0 rings (SSSR count). The second-order valence-electron chi connectivity index (χ2n) is 3.82. The number of likely N-dealkylation sites (N-methyl/N-ethyl adjacent to an activating group) is 1. The van der Waals surface area contributed by atoms with Gasteiger partial charge in [0.2, 0.25) is 0 Å². The van der Waals surface area contributed by atoms with E-state index in [1.807, 2.05) is 6.92 Å². The van der Waals surface area contributed by atoms with E-state index in [4.69, 9.17) is 4.74 Å². The molecule has 0 saturated heterocycles. The van der Waals surface area contributed by atoms with E-state index in [-0.39, 0.29) is 0 Å². The highest BCUT2D eigenvalue weighted by atomic mass is 16.5. The van der Waals surface area contributed by atoms with Crippen molar-refractivity contribution in [3.8, 4) is 0 Å². The average molecular weight is 199 g/mol. The first-order valence-corrected chi connectivity index (χ1v) is 5.61. The first-order valence-electron chi connectivity index (χ1n) is 5.61. The minimum absolute atomic E-state index is 0.291. The SMILES string of the molecule is C=C(C)CCC(NCC)C(C)OCC. The molecule has 0 amide bonds. The van der Waals surface area contributed by atoms with E-state index in [2.05, 4.69) is 32.7 Å². The summed E-state index contributed by atoms with van der Waals surface area (Å²) in [5.74, 6) is 0. The third kappa shape index (κ3) is 6.17. The van der Waals surface area contributed by atoms with Crippen LogP contribution in [0.25, 0.3) is 0 Å². The zero-order valence-electron chi connectivity index (χ0n) is 10.1. The van der Waals surface area contributed by atoms with Crippen LogP contribution >= 0.6 is 0 Å². The smallest absolute Gasteiger partial charge is 0.0699 e. The Morgan fingerprint density at radius 2 is 2.07 bits per heavy atom. The van der Waals surface area contributed by atoms with Crippen molar-refractivity contribution in [2.75, 3.05) is 13.2 Å². The number of ether oxygens (including phenoxy) is 1. The van der Waals surface area contributed by atoms with Crippen molar-refractivity contribution in [3.63, 3.8) is 0 Å². The van der Waals surface area contributed by atoms with Crippen LogP contribution in [-0.4, -0.2) is 25.3 Å². The second kappa shape index (κ2) is 8.01. The van der Waals surface area contributed by atoms with Gasteiger partial charge in [-0.15, -0.1) is 6.58 Å². The van der Waals surface area contributed by atoms with Crippen molar-refractivity contribution in [1.82, 2.24) is 5.32 Å². The molecular weight excluding hydrogens is 174 g/mol. The normalized spacial score (nSPS) is 15.1. The summed E-state index contributed by atoms with van der Waals surface area (Å²) in [4.78, 5) is 0. The van der Waals surface area contributed by atoms with Crippen LogP contribution < -0.4 is 5.32 Å². The fourth-order valence-electron chi connectivity index (χ4n) is 1.55. The maximum atomic E-state index is 5.60. The van der Waals surface area contributed by atoms with Crippen LogP contribution in [0.4, 0.5) is 0 Å². The Morgan fingerprint density at radius 3 is 2.50 bits per heavy atom. The molecule has 2 atom stereocenters. The molecule has 1 N–H and O–H groups in total. The Balaban J connectivity index is 3.92. The second-order valence-corrected chi connectivity index (χ2v) is 3.82. The van der Waals surface area contributed by atoms with Crippen LogP contribution in [0.5, 0.6) is 0 Å². The van der Waals surface area contributed by atoms with E-state index in [9.17, 15) is 0 Å². The van der Waals surface area contributed by atoms with Crippen LogP contribution in [0.2, 0.25) is 0 Å². The third-order valence-corrected chi connectivity index (χ3v) is 2.34. The summed E-state index contributed by atoms with van der Waals surface area (Å²) in [5, 5.41) is 3.46. The first-order chi connectivity index (χ1) is 6.61. The Hall–Kier alpha value is -0.340. The summed E-state index contributed by atoms with van der Waals surface area (Å²) in [6.45, 7) is 14.1. The largest absolute Gasteiger partial charge is 0.377 e. The summed E-state index contributed by atoms with van der Waals surface area (Å²) in [6.07, 6.45) is 2.48. The summed E-state index contributed by atoms with van der Waals surface area (Å²) in [6, 6.07) is 0.455. The van der Waals surface area contributed by atoms with Gasteiger partial charge >= 0.3 is 0 Å². The van der Waals surface area contributed by atoms with Crippen molar-refractivity contribution >= 4 is 0 Å². The lowest BCUT2D eigenvalue weighted by Crippen LogP contribution is -2.39. The standard InChI is InChI=1S/C12H25NO/c1-6-13-12(9-8-10(3)4)11(5)14-7-2/h11-13H,3,6-9H2,1-2,4-5H3. The highest BCUT2D eigenvalue weighted by Gasteiger charge is 2.15. The van der Waals surface area contributed by atoms with E-state index in [0.717, 1.165) is 26.0 Å². The van der Waals surface area contributed by atoms with E-state index in [1.165, 1.54) is 5.57 Å². The van der Waals surface area contributed by atoms with E-state index in [0.29, 0.717) is 12.1 Å². The molecule has 2 nitrogen and oxygen atoms in total. The minimum Gasteiger partial charge on any atom is -0.377 e. The monoisotopic (exact) mass is 199 g/mol. The Labute approximate surface area is 88.7 Å². The molecule has 0 saturated carbocycles. The van der Waals surface area contributed by atoms with Gasteiger partial charge in [-0.05, 0) is 40.2 Å². The van der Waals surface area contributed by atoms with Crippen molar-refractivity contribution in [2.24, 2.45) is 0 Å². The zero-order chi connectivity index (χ0) is 11.0. The molecule has 0 aliphatic carbocycles. The molecule has 0 aromatic heterocycles. The van der Waals surface area contributed by atoms with Gasteiger partial charge in [0, 0.05) is 12.6 Å². The number of nitrogens with one attached hydrogen (secondary N) is 1. The molecular formula is C12H25NO. The highest BCUT2D eigenvalue weighted by Crippen LogP contribution is 2.10. The molecule has 0 fully saturated rings. The van der Waals surface area contributed by atoms with Gasteiger partial charge in [0.05, 0.1) is 6.10 Å². The lowest BCUT2D eigenvalue weighted by atomic mass is 10.0. The summed E-state index contributed by atoms with van der Waals surface area (Å²) in [7, 11) is 0. The number of rotatable bonds is 8. The molecule has 84 valence electrons. The van der Waals surface area contributed by atoms with Gasteiger partial charge in [0.1, 0.15) is 0 Å². The Morgan fingerprint density at radius 1 is 1.43 bits per heavy atom. The fourth-order valence-corrected chi connectivity index (χ4v) is 1.55. The number of allylic oxidation sites excluding steroid dienone is 1. The quantitative estimate of drug-likeness (QED) is 0.607. The Kier molecular flexibility index (Phi) is 7.81. The molecule has 0 aromatic carbocycles. The van der Waals surface area contributed by atoms with Crippen LogP contribution in [0.3, 0.4) is 0 Å². The van der Waals surface area contributed by atoms with Crippen molar-refractivity contribution in [3.05, 3.63) is 12.2 Å². The maximum Gasteiger partial charge on any atom is 0.0699 e. The predicted molar refractivity (Wildman–Crippen MR) is 62.6 cm³/mol. The van der Waals surface area contributed by atoms with Gasteiger partial charge in [-0.2, -0.15) is 0 Å². The number of hydrogen-bond donors (Lipinski definition) is 1. The summed E-state index contributed by atoms with van der Waals surface area (Å²) < 4.78 is 5.60. The van der Waals surface area contributed by atoms with E-state index in [1.54, 1.807) is 0 Å². The molecule has 0 spiro atoms. The van der Waals surface area contributed by atoms with Crippen molar-refractivity contribution in [2.45, 2.75) is 52.7 Å². The summed E-state index contributed by atoms with van der Waals surface area (Å²) >= 11 is 0. The molecule has 14 heavy (non-hydrogen) atoms. The molecule has 2 heteroatoms. The highest BCUT2D eigenvalue weighted by molar-refractivity contribution is 4.90. The molecule has 0 aliphatic heterocycles. The maximum absolute atomic E-state index is 5.60. The minimum atomic E-state index is 0.291. The first kappa shape index (κ1) is 13.7. The van der Waals surface area contributed by atoms with Crippen molar-refractivity contribution < 1.29 is 4.74 Å². The topological polar surface area (TPSA) is 21.3 Å². The van der Waals surface area contributed by atoms with E-state index < -0.39 is 0 Å². The third-order valence-electron chi connectivity index (χ3n) is 2.34. The Bertz CT molecular complexity index is 156. The summed E-state index contributed by atoms with van der Waals surface area (Å²) in [5.41, 5.74) is 1.25. The van der Waals surface area contributed by atoms with Crippen LogP contribution in [0, 0.1) is 0 Å². The van der Waals surface area contributed by atoms with Gasteiger partial charge in [0.15, 0.2) is 0 Å². The molecule has 0 radical (unpaired) electrons.